The lowest BCUT2D eigenvalue weighted by Gasteiger charge is -2.22. The number of hydrogen-bond donors (Lipinski definition) is 2. The van der Waals surface area contributed by atoms with Crippen LogP contribution in [0.5, 0.6) is 0 Å². The first-order valence-electron chi connectivity index (χ1n) is 5.64. The number of nitrogens with two attached hydrogens (primary N) is 1. The fourth-order valence-corrected chi connectivity index (χ4v) is 2.01. The molecule has 2 aromatic rings. The Balaban J connectivity index is 2.23. The monoisotopic (exact) mass is 309 g/mol. The summed E-state index contributed by atoms with van der Waals surface area (Å²) in [5.41, 5.74) is 8.94. The van der Waals surface area contributed by atoms with Crippen LogP contribution < -0.4 is 16.2 Å². The smallest absolute Gasteiger partial charge is 0.292 e. The molecular weight excluding hydrogens is 298 g/mol. The summed E-state index contributed by atoms with van der Waals surface area (Å²) in [5, 5.41) is 5.53. The molecule has 1 amide bonds. The molecule has 2 rings (SSSR count). The fourth-order valence-electron chi connectivity index (χ4n) is 1.59. The highest BCUT2D eigenvalue weighted by Gasteiger charge is 2.19. The number of nitrogens with one attached hydrogen (secondary N) is 1. The van der Waals surface area contributed by atoms with Crippen LogP contribution in [-0.4, -0.2) is 20.8 Å². The van der Waals surface area contributed by atoms with Gasteiger partial charge in [0.15, 0.2) is 10.8 Å². The summed E-state index contributed by atoms with van der Waals surface area (Å²) in [6.07, 6.45) is 1.53. The van der Waals surface area contributed by atoms with Crippen LogP contribution in [0.4, 0.5) is 5.69 Å². The van der Waals surface area contributed by atoms with Crippen molar-refractivity contribution in [2.45, 2.75) is 0 Å². The van der Waals surface area contributed by atoms with Crippen molar-refractivity contribution in [2.24, 2.45) is 12.8 Å². The van der Waals surface area contributed by atoms with Crippen molar-refractivity contribution >= 4 is 40.5 Å². The Labute approximate surface area is 126 Å². The summed E-state index contributed by atoms with van der Waals surface area (Å²) in [5.74, 6) is -0.493. The van der Waals surface area contributed by atoms with Gasteiger partial charge in [-0.1, -0.05) is 29.8 Å². The van der Waals surface area contributed by atoms with Crippen molar-refractivity contribution in [1.29, 1.82) is 0 Å². The van der Waals surface area contributed by atoms with Crippen LogP contribution >= 0.6 is 23.8 Å². The van der Waals surface area contributed by atoms with E-state index in [1.165, 1.54) is 15.9 Å². The molecule has 0 bridgehead atoms. The molecule has 0 radical (unpaired) electrons. The van der Waals surface area contributed by atoms with Crippen molar-refractivity contribution in [2.75, 3.05) is 5.01 Å². The first-order valence-corrected chi connectivity index (χ1v) is 6.42. The number of carbonyl (C=O) groups excluding carboxylic acids is 1. The molecule has 0 aliphatic heterocycles. The molecular formula is C12H12ClN5OS. The zero-order valence-corrected chi connectivity index (χ0v) is 12.1. The molecule has 0 spiro atoms. The fraction of sp³-hybridized carbons (Fsp3) is 0.0833. The Hall–Kier alpha value is -2.12. The topological polar surface area (TPSA) is 76.2 Å². The lowest BCUT2D eigenvalue weighted by Crippen LogP contribution is -2.49. The van der Waals surface area contributed by atoms with Gasteiger partial charge in [0.25, 0.3) is 5.91 Å². The van der Waals surface area contributed by atoms with E-state index in [1.54, 1.807) is 31.3 Å². The molecule has 20 heavy (non-hydrogen) atoms. The predicted molar refractivity (Wildman–Crippen MR) is 81.4 cm³/mol. The minimum absolute atomic E-state index is 0.0107. The third-order valence-corrected chi connectivity index (χ3v) is 2.91. The number of nitrogens with zero attached hydrogens (tertiary/aromatic N) is 3. The van der Waals surface area contributed by atoms with E-state index >= 15 is 0 Å². The van der Waals surface area contributed by atoms with Crippen LogP contribution in [0.3, 0.4) is 0 Å². The molecule has 104 valence electrons. The summed E-state index contributed by atoms with van der Waals surface area (Å²) in [7, 11) is 1.67. The van der Waals surface area contributed by atoms with E-state index in [-0.39, 0.29) is 15.8 Å². The first-order chi connectivity index (χ1) is 9.49. The Morgan fingerprint density at radius 3 is 2.60 bits per heavy atom. The highest BCUT2D eigenvalue weighted by Crippen LogP contribution is 2.15. The number of hydrogen-bond acceptors (Lipinski definition) is 3. The third-order valence-electron chi connectivity index (χ3n) is 2.45. The maximum Gasteiger partial charge on any atom is 0.292 e. The van der Waals surface area contributed by atoms with Crippen LogP contribution in [-0.2, 0) is 7.05 Å². The second-order valence-electron chi connectivity index (χ2n) is 3.95. The molecule has 1 aromatic heterocycles. The Morgan fingerprint density at radius 2 is 2.10 bits per heavy atom. The zero-order chi connectivity index (χ0) is 14.7. The standard InChI is InChI=1S/C12H12ClN5OS/c1-17-7-9(13)10(15-17)11(19)16-18(12(14)20)8-5-3-2-4-6-8/h2-7H,1H3,(H2,14,20)(H,16,19). The van der Waals surface area contributed by atoms with Gasteiger partial charge >= 0.3 is 0 Å². The second kappa shape index (κ2) is 5.89. The average Bonchev–Trinajstić information content (AvgIpc) is 2.75. The van der Waals surface area contributed by atoms with Crippen molar-refractivity contribution in [3.63, 3.8) is 0 Å². The first kappa shape index (κ1) is 14.3. The number of thiocarbonyl (C=S) groups is 1. The summed E-state index contributed by atoms with van der Waals surface area (Å²) in [6, 6.07) is 8.98. The molecule has 0 saturated carbocycles. The quantitative estimate of drug-likeness (QED) is 0.649. The number of aromatic nitrogens is 2. The molecule has 0 aliphatic carbocycles. The van der Waals surface area contributed by atoms with Gasteiger partial charge in [0.2, 0.25) is 0 Å². The number of rotatable bonds is 2. The number of halogens is 1. The molecule has 0 unspecified atom stereocenters. The number of para-hydroxylation sites is 1. The number of anilines is 1. The summed E-state index contributed by atoms with van der Waals surface area (Å²) in [4.78, 5) is 12.1. The van der Waals surface area contributed by atoms with E-state index in [0.29, 0.717) is 5.69 Å². The SMILES string of the molecule is Cn1cc(Cl)c(C(=O)NN(C(N)=S)c2ccccc2)n1. The van der Waals surface area contributed by atoms with Gasteiger partial charge in [0, 0.05) is 13.2 Å². The van der Waals surface area contributed by atoms with E-state index in [1.807, 2.05) is 6.07 Å². The molecule has 0 saturated heterocycles. The van der Waals surface area contributed by atoms with Crippen LogP contribution in [0, 0.1) is 0 Å². The summed E-state index contributed by atoms with van der Waals surface area (Å²) < 4.78 is 1.45. The molecule has 0 fully saturated rings. The van der Waals surface area contributed by atoms with Crippen LogP contribution in [0.1, 0.15) is 10.5 Å². The third kappa shape index (κ3) is 3.06. The normalized spacial score (nSPS) is 10.1. The molecule has 1 aromatic carbocycles. The van der Waals surface area contributed by atoms with E-state index in [4.69, 9.17) is 29.6 Å². The lowest BCUT2D eigenvalue weighted by molar-refractivity contribution is 0.0949. The number of benzene rings is 1. The minimum atomic E-state index is -0.493. The predicted octanol–water partition coefficient (Wildman–Crippen LogP) is 1.47. The van der Waals surface area contributed by atoms with Crippen molar-refractivity contribution < 1.29 is 4.79 Å². The van der Waals surface area contributed by atoms with Crippen molar-refractivity contribution in [1.82, 2.24) is 15.2 Å². The number of aryl methyl sites for hydroxylation is 1. The zero-order valence-electron chi connectivity index (χ0n) is 10.6. The summed E-state index contributed by atoms with van der Waals surface area (Å²) in [6.45, 7) is 0. The minimum Gasteiger partial charge on any atom is -0.374 e. The van der Waals surface area contributed by atoms with E-state index in [9.17, 15) is 4.79 Å². The van der Waals surface area contributed by atoms with Gasteiger partial charge in [0.1, 0.15) is 0 Å². The molecule has 0 aliphatic rings. The molecule has 0 atom stereocenters. The van der Waals surface area contributed by atoms with Crippen LogP contribution in [0.2, 0.25) is 5.02 Å². The van der Waals surface area contributed by atoms with E-state index in [0.717, 1.165) is 0 Å². The van der Waals surface area contributed by atoms with Gasteiger partial charge in [-0.05, 0) is 24.4 Å². The van der Waals surface area contributed by atoms with Crippen LogP contribution in [0.25, 0.3) is 0 Å². The number of amides is 1. The van der Waals surface area contributed by atoms with Gasteiger partial charge < -0.3 is 5.73 Å². The van der Waals surface area contributed by atoms with Gasteiger partial charge in [-0.25, -0.2) is 5.01 Å². The van der Waals surface area contributed by atoms with Crippen molar-refractivity contribution in [3.8, 4) is 0 Å². The highest BCUT2D eigenvalue weighted by atomic mass is 35.5. The Kier molecular flexibility index (Phi) is 4.21. The average molecular weight is 310 g/mol. The van der Waals surface area contributed by atoms with E-state index in [2.05, 4.69) is 10.5 Å². The number of hydrazine groups is 1. The maximum atomic E-state index is 12.1. The van der Waals surface area contributed by atoms with Gasteiger partial charge in [-0.15, -0.1) is 0 Å². The molecule has 8 heteroatoms. The molecule has 1 heterocycles. The summed E-state index contributed by atoms with van der Waals surface area (Å²) >= 11 is 10.9. The van der Waals surface area contributed by atoms with Crippen LogP contribution in [0.15, 0.2) is 36.5 Å². The Bertz CT molecular complexity index is 643. The van der Waals surface area contributed by atoms with E-state index < -0.39 is 5.91 Å². The Morgan fingerprint density at radius 1 is 1.45 bits per heavy atom. The molecule has 3 N–H and O–H groups in total. The lowest BCUT2D eigenvalue weighted by atomic mass is 10.3. The van der Waals surface area contributed by atoms with Gasteiger partial charge in [0.05, 0.1) is 10.7 Å². The molecule has 6 nitrogen and oxygen atoms in total. The highest BCUT2D eigenvalue weighted by molar-refractivity contribution is 7.80. The maximum absolute atomic E-state index is 12.1. The second-order valence-corrected chi connectivity index (χ2v) is 4.77. The van der Waals surface area contributed by atoms with Gasteiger partial charge in [-0.2, -0.15) is 5.10 Å². The largest absolute Gasteiger partial charge is 0.374 e. The number of carbonyl (C=O) groups is 1. The van der Waals surface area contributed by atoms with Gasteiger partial charge in [-0.3, -0.25) is 14.9 Å². The van der Waals surface area contributed by atoms with Crippen molar-refractivity contribution in [3.05, 3.63) is 47.2 Å².